The smallest absolute Gasteiger partial charge is 0.179 e. The van der Waals surface area contributed by atoms with Gasteiger partial charge in [-0.05, 0) is 80.1 Å². The molecule has 0 radical (unpaired) electrons. The highest BCUT2D eigenvalue weighted by Crippen LogP contribution is 2.32. The van der Waals surface area contributed by atoms with Crippen LogP contribution in [0.25, 0.3) is 0 Å². The largest absolute Gasteiger partial charge is 0.493 e. The first-order chi connectivity index (χ1) is 16.5. The maximum absolute atomic E-state index is 12.4. The summed E-state index contributed by atoms with van der Waals surface area (Å²) in [5.74, 6) is 0.171. The molecular weight excluding hydrogens is 484 g/mol. The SMILES string of the molecule is C[C@@H]1C[C@H](COc2ccc(S(=O)(=O)CCS(C)(=O)=O)cc2)CN1C1CCc2ccc(C#N)cc2C1. The van der Waals surface area contributed by atoms with Gasteiger partial charge in [-0.2, -0.15) is 5.26 Å². The van der Waals surface area contributed by atoms with Gasteiger partial charge in [0.15, 0.2) is 9.84 Å². The molecule has 3 atom stereocenters. The van der Waals surface area contributed by atoms with Crippen LogP contribution in [0.5, 0.6) is 5.75 Å². The lowest BCUT2D eigenvalue weighted by atomic mass is 9.86. The summed E-state index contributed by atoms with van der Waals surface area (Å²) in [6.45, 7) is 3.78. The summed E-state index contributed by atoms with van der Waals surface area (Å²) in [5, 5.41) is 9.23. The number of benzene rings is 2. The Labute approximate surface area is 208 Å². The number of ether oxygens (including phenoxy) is 1. The number of nitriles is 1. The quantitative estimate of drug-likeness (QED) is 0.531. The van der Waals surface area contributed by atoms with E-state index >= 15 is 0 Å². The van der Waals surface area contributed by atoms with Crippen molar-refractivity contribution in [3.8, 4) is 11.8 Å². The third-order valence-corrected chi connectivity index (χ3v) is 10.0. The second-order valence-electron chi connectivity index (χ2n) is 9.87. The van der Waals surface area contributed by atoms with Crippen LogP contribution in [0.2, 0.25) is 0 Å². The second-order valence-corrected chi connectivity index (χ2v) is 14.2. The first kappa shape index (κ1) is 25.7. The summed E-state index contributed by atoms with van der Waals surface area (Å²) >= 11 is 0. The standard InChI is InChI=1S/C26H32N2O5S2/c1-19-13-21(17-28(19)24-6-5-22-4-3-20(16-27)14-23(22)15-24)18-33-25-7-9-26(10-8-25)35(31,32)12-11-34(2,29)30/h3-4,7-10,14,19,21,24H,5-6,11-13,15,17-18H2,1-2H3/t19-,21+,24?/m1/s1. The summed E-state index contributed by atoms with van der Waals surface area (Å²) in [6.07, 6.45) is 5.20. The Morgan fingerprint density at radius 2 is 1.80 bits per heavy atom. The maximum Gasteiger partial charge on any atom is 0.179 e. The average molecular weight is 517 g/mol. The molecule has 1 saturated heterocycles. The van der Waals surface area contributed by atoms with Gasteiger partial charge in [0.1, 0.15) is 15.6 Å². The minimum Gasteiger partial charge on any atom is -0.493 e. The predicted molar refractivity (Wildman–Crippen MR) is 135 cm³/mol. The molecule has 35 heavy (non-hydrogen) atoms. The highest BCUT2D eigenvalue weighted by molar-refractivity contribution is 7.94. The zero-order chi connectivity index (χ0) is 25.2. The van der Waals surface area contributed by atoms with Gasteiger partial charge in [0, 0.05) is 30.8 Å². The Kier molecular flexibility index (Phi) is 7.55. The van der Waals surface area contributed by atoms with Crippen LogP contribution in [0.15, 0.2) is 47.4 Å². The summed E-state index contributed by atoms with van der Waals surface area (Å²) in [5.41, 5.74) is 3.37. The lowest BCUT2D eigenvalue weighted by Gasteiger charge is -2.35. The van der Waals surface area contributed by atoms with Gasteiger partial charge in [0.25, 0.3) is 0 Å². The van der Waals surface area contributed by atoms with Crippen LogP contribution in [0.4, 0.5) is 0 Å². The van der Waals surface area contributed by atoms with Gasteiger partial charge in [-0.3, -0.25) is 4.90 Å². The van der Waals surface area contributed by atoms with Crippen molar-refractivity contribution in [1.82, 2.24) is 4.90 Å². The average Bonchev–Trinajstić information content (AvgIpc) is 3.21. The number of likely N-dealkylation sites (tertiary alicyclic amines) is 1. The van der Waals surface area contributed by atoms with E-state index in [0.717, 1.165) is 44.0 Å². The van der Waals surface area contributed by atoms with Crippen LogP contribution in [0.1, 0.15) is 36.5 Å². The van der Waals surface area contributed by atoms with Crippen LogP contribution >= 0.6 is 0 Å². The Morgan fingerprint density at radius 1 is 1.06 bits per heavy atom. The first-order valence-corrected chi connectivity index (χ1v) is 15.7. The molecule has 188 valence electrons. The fourth-order valence-electron chi connectivity index (χ4n) is 5.23. The molecule has 0 aromatic heterocycles. The van der Waals surface area contributed by atoms with E-state index in [2.05, 4.69) is 24.0 Å². The van der Waals surface area contributed by atoms with E-state index in [1.54, 1.807) is 12.1 Å². The highest BCUT2D eigenvalue weighted by Gasteiger charge is 2.35. The monoisotopic (exact) mass is 516 g/mol. The van der Waals surface area contributed by atoms with Crippen LogP contribution in [0, 0.1) is 17.2 Å². The van der Waals surface area contributed by atoms with E-state index in [4.69, 9.17) is 4.74 Å². The zero-order valence-corrected chi connectivity index (χ0v) is 21.8. The predicted octanol–water partition coefficient (Wildman–Crippen LogP) is 3.02. The van der Waals surface area contributed by atoms with Crippen molar-refractivity contribution < 1.29 is 21.6 Å². The number of rotatable bonds is 8. The zero-order valence-electron chi connectivity index (χ0n) is 20.2. The van der Waals surface area contributed by atoms with E-state index in [1.807, 2.05) is 12.1 Å². The normalized spacial score (nSPS) is 22.9. The van der Waals surface area contributed by atoms with Gasteiger partial charge in [0.05, 0.1) is 34.6 Å². The van der Waals surface area contributed by atoms with Gasteiger partial charge < -0.3 is 4.74 Å². The summed E-state index contributed by atoms with van der Waals surface area (Å²) in [6, 6.07) is 15.4. The molecule has 0 spiro atoms. The van der Waals surface area contributed by atoms with Gasteiger partial charge in [0.2, 0.25) is 0 Å². The summed E-state index contributed by atoms with van der Waals surface area (Å²) < 4.78 is 53.3. The van der Waals surface area contributed by atoms with Crippen LogP contribution in [-0.2, 0) is 32.5 Å². The second kappa shape index (κ2) is 10.3. The molecule has 2 aromatic rings. The molecule has 0 saturated carbocycles. The fourth-order valence-corrected chi connectivity index (χ4v) is 8.10. The molecule has 9 heteroatoms. The molecule has 0 amide bonds. The van der Waals surface area contributed by atoms with Crippen molar-refractivity contribution in [2.45, 2.75) is 49.6 Å². The Morgan fingerprint density at radius 3 is 2.49 bits per heavy atom. The number of fused-ring (bicyclic) bond motifs is 1. The van der Waals surface area contributed by atoms with Gasteiger partial charge in [-0.15, -0.1) is 0 Å². The van der Waals surface area contributed by atoms with Crippen LogP contribution < -0.4 is 4.74 Å². The molecule has 2 aliphatic rings. The molecule has 4 rings (SSSR count). The number of sulfone groups is 2. The van der Waals surface area contributed by atoms with Gasteiger partial charge in [-0.25, -0.2) is 16.8 Å². The number of hydrogen-bond donors (Lipinski definition) is 0. The topological polar surface area (TPSA) is 105 Å². The molecule has 7 nitrogen and oxygen atoms in total. The van der Waals surface area contributed by atoms with E-state index in [-0.39, 0.29) is 4.90 Å². The van der Waals surface area contributed by atoms with Crippen molar-refractivity contribution in [2.24, 2.45) is 5.92 Å². The number of nitrogens with zero attached hydrogens (tertiary/aromatic N) is 2. The molecule has 0 N–H and O–H groups in total. The van der Waals surface area contributed by atoms with E-state index in [0.29, 0.717) is 30.4 Å². The van der Waals surface area contributed by atoms with E-state index < -0.39 is 31.2 Å². The van der Waals surface area contributed by atoms with Crippen LogP contribution in [-0.4, -0.2) is 64.7 Å². The van der Waals surface area contributed by atoms with Crippen LogP contribution in [0.3, 0.4) is 0 Å². The number of aryl methyl sites for hydroxylation is 1. The minimum absolute atomic E-state index is 0.103. The summed E-state index contributed by atoms with van der Waals surface area (Å²) in [7, 11) is -7.00. The maximum atomic E-state index is 12.4. The highest BCUT2D eigenvalue weighted by atomic mass is 32.2. The van der Waals surface area contributed by atoms with Crippen molar-refractivity contribution in [2.75, 3.05) is 30.9 Å². The number of hydrogen-bond acceptors (Lipinski definition) is 7. The first-order valence-electron chi connectivity index (χ1n) is 11.9. The molecule has 1 heterocycles. The molecule has 1 fully saturated rings. The van der Waals surface area contributed by atoms with E-state index in [1.165, 1.54) is 23.3 Å². The summed E-state index contributed by atoms with van der Waals surface area (Å²) in [4.78, 5) is 2.68. The third kappa shape index (κ3) is 6.43. The van der Waals surface area contributed by atoms with Crippen molar-refractivity contribution >= 4 is 19.7 Å². The third-order valence-electron chi connectivity index (χ3n) is 7.11. The van der Waals surface area contributed by atoms with Crippen molar-refractivity contribution in [3.05, 3.63) is 59.2 Å². The lowest BCUT2D eigenvalue weighted by Crippen LogP contribution is -2.41. The Hall–Kier alpha value is -2.41. The molecular formula is C26H32N2O5S2. The van der Waals surface area contributed by atoms with Gasteiger partial charge in [-0.1, -0.05) is 6.07 Å². The Bertz CT molecular complexity index is 1310. The lowest BCUT2D eigenvalue weighted by molar-refractivity contribution is 0.164. The Balaban J connectivity index is 1.31. The fraction of sp³-hybridized carbons (Fsp3) is 0.500. The molecule has 1 unspecified atom stereocenters. The van der Waals surface area contributed by atoms with E-state index in [9.17, 15) is 22.1 Å². The molecule has 2 aromatic carbocycles. The van der Waals surface area contributed by atoms with Crippen molar-refractivity contribution in [3.63, 3.8) is 0 Å². The molecule has 1 aliphatic carbocycles. The van der Waals surface area contributed by atoms with Gasteiger partial charge >= 0.3 is 0 Å². The molecule has 0 bridgehead atoms. The molecule has 1 aliphatic heterocycles. The van der Waals surface area contributed by atoms with Crippen molar-refractivity contribution in [1.29, 1.82) is 5.26 Å². The minimum atomic E-state index is -3.65.